The predicted octanol–water partition coefficient (Wildman–Crippen LogP) is -0.162. The number of likely N-dealkylation sites (N-methyl/N-ethyl adjacent to an activating group) is 1. The number of hydrogen-bond acceptors (Lipinski definition) is 3. The molecule has 5 heteroatoms. The van der Waals surface area contributed by atoms with Crippen LogP contribution in [0.5, 0.6) is 0 Å². The Kier molecular flexibility index (Phi) is 4.73. The first-order chi connectivity index (χ1) is 7.58. The second kappa shape index (κ2) is 5.84. The van der Waals surface area contributed by atoms with Crippen molar-refractivity contribution in [2.75, 3.05) is 26.2 Å². The van der Waals surface area contributed by atoms with Crippen molar-refractivity contribution in [2.24, 2.45) is 0 Å². The lowest BCUT2D eigenvalue weighted by atomic mass is 10.2. The highest BCUT2D eigenvalue weighted by molar-refractivity contribution is 5.92. The van der Waals surface area contributed by atoms with Crippen molar-refractivity contribution in [3.05, 3.63) is 0 Å². The van der Waals surface area contributed by atoms with E-state index in [1.807, 2.05) is 13.8 Å². The van der Waals surface area contributed by atoms with E-state index in [1.54, 1.807) is 0 Å². The van der Waals surface area contributed by atoms with E-state index in [4.69, 9.17) is 0 Å². The lowest BCUT2D eigenvalue weighted by Gasteiger charge is -2.34. The minimum Gasteiger partial charge on any atom is -0.391 e. The first kappa shape index (κ1) is 13.0. The van der Waals surface area contributed by atoms with Crippen LogP contribution < -0.4 is 0 Å². The third-order valence-corrected chi connectivity index (χ3v) is 2.79. The van der Waals surface area contributed by atoms with Gasteiger partial charge in [-0.1, -0.05) is 13.3 Å². The summed E-state index contributed by atoms with van der Waals surface area (Å²) in [6.45, 7) is 4.92. The number of hydrogen-bond donors (Lipinski definition) is 1. The monoisotopic (exact) mass is 228 g/mol. The number of piperazine rings is 1. The van der Waals surface area contributed by atoms with Crippen LogP contribution in [0.2, 0.25) is 0 Å². The lowest BCUT2D eigenvalue weighted by molar-refractivity contribution is -0.151. The highest BCUT2D eigenvalue weighted by Gasteiger charge is 2.29. The van der Waals surface area contributed by atoms with E-state index in [2.05, 4.69) is 0 Å². The Labute approximate surface area is 96.0 Å². The Bertz CT molecular complexity index is 268. The SMILES string of the molecule is CCCC(O)CN1CC(=O)N(CC)CC1=O. The molecule has 1 aliphatic heterocycles. The first-order valence-electron chi connectivity index (χ1n) is 5.82. The van der Waals surface area contributed by atoms with Gasteiger partial charge in [0.25, 0.3) is 0 Å². The van der Waals surface area contributed by atoms with Crippen molar-refractivity contribution in [3.8, 4) is 0 Å². The highest BCUT2D eigenvalue weighted by Crippen LogP contribution is 2.07. The molecule has 92 valence electrons. The summed E-state index contributed by atoms with van der Waals surface area (Å²) in [6, 6.07) is 0. The maximum absolute atomic E-state index is 11.7. The highest BCUT2D eigenvalue weighted by atomic mass is 16.3. The van der Waals surface area contributed by atoms with Gasteiger partial charge >= 0.3 is 0 Å². The molecule has 1 N–H and O–H groups in total. The maximum atomic E-state index is 11.7. The summed E-state index contributed by atoms with van der Waals surface area (Å²) in [5.41, 5.74) is 0. The molecule has 16 heavy (non-hydrogen) atoms. The molecule has 0 spiro atoms. The van der Waals surface area contributed by atoms with Gasteiger partial charge in [0.2, 0.25) is 11.8 Å². The van der Waals surface area contributed by atoms with Gasteiger partial charge in [-0.05, 0) is 13.3 Å². The third-order valence-electron chi connectivity index (χ3n) is 2.79. The van der Waals surface area contributed by atoms with Crippen LogP contribution in [-0.2, 0) is 9.59 Å². The number of carbonyl (C=O) groups is 2. The quantitative estimate of drug-likeness (QED) is 0.711. The Hall–Kier alpha value is -1.10. The minimum absolute atomic E-state index is 0.0363. The fourth-order valence-corrected chi connectivity index (χ4v) is 1.84. The van der Waals surface area contributed by atoms with Gasteiger partial charge in [-0.15, -0.1) is 0 Å². The second-order valence-corrected chi connectivity index (χ2v) is 4.12. The molecule has 0 aromatic rings. The minimum atomic E-state index is -0.519. The molecular weight excluding hydrogens is 208 g/mol. The van der Waals surface area contributed by atoms with Gasteiger partial charge in [-0.3, -0.25) is 9.59 Å². The number of carbonyl (C=O) groups excluding carboxylic acids is 2. The smallest absolute Gasteiger partial charge is 0.242 e. The Morgan fingerprint density at radius 1 is 1.19 bits per heavy atom. The topological polar surface area (TPSA) is 60.9 Å². The molecule has 1 rings (SSSR count). The van der Waals surface area contributed by atoms with Gasteiger partial charge in [0.1, 0.15) is 0 Å². The Morgan fingerprint density at radius 2 is 1.75 bits per heavy atom. The molecule has 0 saturated carbocycles. The van der Waals surface area contributed by atoms with Crippen molar-refractivity contribution < 1.29 is 14.7 Å². The summed E-state index contributed by atoms with van der Waals surface area (Å²) in [5.74, 6) is -0.109. The summed E-state index contributed by atoms with van der Waals surface area (Å²) in [7, 11) is 0. The molecule has 0 bridgehead atoms. The van der Waals surface area contributed by atoms with Crippen LogP contribution in [0.4, 0.5) is 0 Å². The van der Waals surface area contributed by atoms with E-state index in [9.17, 15) is 14.7 Å². The molecule has 0 aromatic carbocycles. The molecule has 2 amide bonds. The predicted molar refractivity (Wildman–Crippen MR) is 59.7 cm³/mol. The van der Waals surface area contributed by atoms with Gasteiger partial charge in [-0.25, -0.2) is 0 Å². The molecule has 1 saturated heterocycles. The summed E-state index contributed by atoms with van der Waals surface area (Å²) >= 11 is 0. The van der Waals surface area contributed by atoms with Crippen molar-refractivity contribution >= 4 is 11.8 Å². The van der Waals surface area contributed by atoms with Crippen LogP contribution in [0.15, 0.2) is 0 Å². The van der Waals surface area contributed by atoms with Crippen LogP contribution in [0.25, 0.3) is 0 Å². The second-order valence-electron chi connectivity index (χ2n) is 4.12. The maximum Gasteiger partial charge on any atom is 0.242 e. The average Bonchev–Trinajstić information content (AvgIpc) is 2.23. The molecule has 0 radical (unpaired) electrons. The molecular formula is C11H20N2O3. The fraction of sp³-hybridized carbons (Fsp3) is 0.818. The van der Waals surface area contributed by atoms with E-state index >= 15 is 0 Å². The normalized spacial score (nSPS) is 19.2. The van der Waals surface area contributed by atoms with Crippen LogP contribution in [0, 0.1) is 0 Å². The molecule has 0 aliphatic carbocycles. The molecule has 0 aromatic heterocycles. The van der Waals surface area contributed by atoms with Crippen LogP contribution in [0.3, 0.4) is 0 Å². The lowest BCUT2D eigenvalue weighted by Crippen LogP contribution is -2.55. The van der Waals surface area contributed by atoms with E-state index in [0.717, 1.165) is 6.42 Å². The van der Waals surface area contributed by atoms with Crippen LogP contribution in [-0.4, -0.2) is 59.0 Å². The zero-order valence-electron chi connectivity index (χ0n) is 9.98. The van der Waals surface area contributed by atoms with E-state index in [1.165, 1.54) is 9.80 Å². The van der Waals surface area contributed by atoms with Crippen molar-refractivity contribution in [3.63, 3.8) is 0 Å². The van der Waals surface area contributed by atoms with Gasteiger partial charge < -0.3 is 14.9 Å². The van der Waals surface area contributed by atoms with Gasteiger partial charge in [0.15, 0.2) is 0 Å². The van der Waals surface area contributed by atoms with E-state index < -0.39 is 6.10 Å². The van der Waals surface area contributed by atoms with Crippen LogP contribution in [0.1, 0.15) is 26.7 Å². The van der Waals surface area contributed by atoms with Crippen molar-refractivity contribution in [2.45, 2.75) is 32.8 Å². The number of aliphatic hydroxyl groups excluding tert-OH is 1. The summed E-state index contributed by atoms with van der Waals surface area (Å²) in [6.07, 6.45) is 1.02. The summed E-state index contributed by atoms with van der Waals surface area (Å²) < 4.78 is 0. The molecule has 1 fully saturated rings. The number of rotatable bonds is 5. The summed E-state index contributed by atoms with van der Waals surface area (Å²) in [5, 5.41) is 9.61. The zero-order chi connectivity index (χ0) is 12.1. The molecule has 1 aliphatic rings. The number of nitrogens with zero attached hydrogens (tertiary/aromatic N) is 2. The fourth-order valence-electron chi connectivity index (χ4n) is 1.84. The van der Waals surface area contributed by atoms with Crippen LogP contribution >= 0.6 is 0 Å². The van der Waals surface area contributed by atoms with Gasteiger partial charge in [0.05, 0.1) is 19.2 Å². The largest absolute Gasteiger partial charge is 0.391 e. The number of amides is 2. The van der Waals surface area contributed by atoms with Gasteiger partial charge in [0, 0.05) is 13.1 Å². The Balaban J connectivity index is 2.50. The molecule has 5 nitrogen and oxygen atoms in total. The number of β-amino-alcohol motifs (C(OH)–C–C–N with tert-alkyl or cyclic N) is 1. The first-order valence-corrected chi connectivity index (χ1v) is 5.82. The van der Waals surface area contributed by atoms with E-state index in [0.29, 0.717) is 13.0 Å². The standard InChI is InChI=1S/C11H20N2O3/c1-3-5-9(14)6-13-8-10(15)12(4-2)7-11(13)16/h9,14H,3-8H2,1-2H3. The molecule has 1 heterocycles. The number of aliphatic hydroxyl groups is 1. The summed E-state index contributed by atoms with van der Waals surface area (Å²) in [4.78, 5) is 26.2. The Morgan fingerprint density at radius 3 is 2.31 bits per heavy atom. The average molecular weight is 228 g/mol. The van der Waals surface area contributed by atoms with E-state index in [-0.39, 0.29) is 31.4 Å². The zero-order valence-corrected chi connectivity index (χ0v) is 9.98. The van der Waals surface area contributed by atoms with Gasteiger partial charge in [-0.2, -0.15) is 0 Å². The third kappa shape index (κ3) is 3.20. The molecule has 1 unspecified atom stereocenters. The molecule has 1 atom stereocenters. The van der Waals surface area contributed by atoms with Crippen molar-refractivity contribution in [1.29, 1.82) is 0 Å². The van der Waals surface area contributed by atoms with Crippen molar-refractivity contribution in [1.82, 2.24) is 9.80 Å².